The molecule has 2 heterocycles. The van der Waals surface area contributed by atoms with Gasteiger partial charge in [-0.25, -0.2) is 4.68 Å². The highest BCUT2D eigenvalue weighted by Crippen LogP contribution is 2.23. The van der Waals surface area contributed by atoms with Crippen LogP contribution in [-0.4, -0.2) is 32.9 Å². The molecule has 136 valence electrons. The zero-order chi connectivity index (χ0) is 18.5. The molecule has 0 bridgehead atoms. The molecule has 7 heteroatoms. The van der Waals surface area contributed by atoms with Gasteiger partial charge in [-0.3, -0.25) is 9.59 Å². The van der Waals surface area contributed by atoms with Gasteiger partial charge in [-0.1, -0.05) is 11.3 Å². The minimum atomic E-state index is -0.135. The van der Waals surface area contributed by atoms with E-state index in [9.17, 15) is 9.59 Å². The molecule has 0 spiro atoms. The first-order chi connectivity index (χ1) is 12.5. The molecule has 0 aliphatic carbocycles. The summed E-state index contributed by atoms with van der Waals surface area (Å²) in [5.74, 6) is -0.107. The number of allylic oxidation sites excluding steroid dienone is 1. The highest BCUT2D eigenvalue weighted by molar-refractivity contribution is 5.97. The Bertz CT molecular complexity index is 840. The zero-order valence-corrected chi connectivity index (χ0v) is 15.0. The highest BCUT2D eigenvalue weighted by Gasteiger charge is 2.16. The zero-order valence-electron chi connectivity index (χ0n) is 15.0. The van der Waals surface area contributed by atoms with Crippen molar-refractivity contribution in [3.63, 3.8) is 0 Å². The second kappa shape index (κ2) is 7.95. The molecule has 2 amide bonds. The van der Waals surface area contributed by atoms with Gasteiger partial charge in [0.2, 0.25) is 5.91 Å². The Morgan fingerprint density at radius 1 is 1.42 bits per heavy atom. The lowest BCUT2D eigenvalue weighted by atomic mass is 10.0. The monoisotopic (exact) mass is 353 g/mol. The smallest absolute Gasteiger partial charge is 0.251 e. The van der Waals surface area contributed by atoms with Gasteiger partial charge in [-0.05, 0) is 56.5 Å². The van der Waals surface area contributed by atoms with E-state index >= 15 is 0 Å². The number of benzene rings is 1. The normalized spacial score (nSPS) is 15.2. The molecule has 1 aromatic heterocycles. The second-order valence-electron chi connectivity index (χ2n) is 6.51. The van der Waals surface area contributed by atoms with Gasteiger partial charge < -0.3 is 10.6 Å². The van der Waals surface area contributed by atoms with Gasteiger partial charge in [-0.2, -0.15) is 0 Å². The van der Waals surface area contributed by atoms with Crippen LogP contribution in [0.4, 0.5) is 5.69 Å². The van der Waals surface area contributed by atoms with E-state index in [2.05, 4.69) is 20.9 Å². The van der Waals surface area contributed by atoms with Crippen LogP contribution >= 0.6 is 0 Å². The average Bonchev–Trinajstić information content (AvgIpc) is 2.94. The third kappa shape index (κ3) is 4.36. The topological polar surface area (TPSA) is 88.9 Å². The van der Waals surface area contributed by atoms with Gasteiger partial charge in [0, 0.05) is 23.7 Å². The highest BCUT2D eigenvalue weighted by atomic mass is 16.2. The number of rotatable bonds is 5. The van der Waals surface area contributed by atoms with Gasteiger partial charge in [0.1, 0.15) is 5.69 Å². The van der Waals surface area contributed by atoms with Crippen LogP contribution in [0.25, 0.3) is 6.08 Å². The number of aromatic nitrogens is 3. The van der Waals surface area contributed by atoms with Crippen molar-refractivity contribution in [1.29, 1.82) is 0 Å². The average molecular weight is 353 g/mol. The van der Waals surface area contributed by atoms with E-state index in [4.69, 9.17) is 0 Å². The summed E-state index contributed by atoms with van der Waals surface area (Å²) in [7, 11) is 0. The maximum Gasteiger partial charge on any atom is 0.251 e. The fourth-order valence-electron chi connectivity index (χ4n) is 3.00. The van der Waals surface area contributed by atoms with E-state index in [0.717, 1.165) is 29.8 Å². The number of nitrogens with one attached hydrogen (secondary N) is 2. The van der Waals surface area contributed by atoms with Gasteiger partial charge in [0.15, 0.2) is 0 Å². The first kappa shape index (κ1) is 17.8. The number of nitrogens with zero attached hydrogens (tertiary/aromatic N) is 3. The third-order valence-electron chi connectivity index (χ3n) is 4.22. The van der Waals surface area contributed by atoms with E-state index in [-0.39, 0.29) is 17.9 Å². The van der Waals surface area contributed by atoms with Crippen molar-refractivity contribution in [3.8, 4) is 0 Å². The van der Waals surface area contributed by atoms with Gasteiger partial charge in [0.25, 0.3) is 5.91 Å². The summed E-state index contributed by atoms with van der Waals surface area (Å²) in [5, 5.41) is 14.0. The van der Waals surface area contributed by atoms with Crippen LogP contribution in [0, 0.1) is 0 Å². The van der Waals surface area contributed by atoms with Gasteiger partial charge >= 0.3 is 0 Å². The molecule has 0 fully saturated rings. The fourth-order valence-corrected chi connectivity index (χ4v) is 3.00. The van der Waals surface area contributed by atoms with Crippen LogP contribution < -0.4 is 10.6 Å². The molecular formula is C19H23N5O2. The number of carbonyl (C=O) groups excluding carboxylic acids is 2. The summed E-state index contributed by atoms with van der Waals surface area (Å²) < 4.78 is 1.72. The second-order valence-corrected chi connectivity index (χ2v) is 6.51. The van der Waals surface area contributed by atoms with Crippen LogP contribution in [0.3, 0.4) is 0 Å². The van der Waals surface area contributed by atoms with E-state index in [1.165, 1.54) is 0 Å². The Morgan fingerprint density at radius 2 is 2.27 bits per heavy atom. The summed E-state index contributed by atoms with van der Waals surface area (Å²) in [6, 6.07) is 5.31. The van der Waals surface area contributed by atoms with E-state index in [1.807, 2.05) is 38.3 Å². The Balaban J connectivity index is 1.63. The lowest BCUT2D eigenvalue weighted by molar-refractivity contribution is -0.116. The fraction of sp³-hybridized carbons (Fsp3) is 0.368. The van der Waals surface area contributed by atoms with Gasteiger partial charge in [0.05, 0.1) is 12.7 Å². The first-order valence-electron chi connectivity index (χ1n) is 8.81. The lowest BCUT2D eigenvalue weighted by Crippen LogP contribution is -2.35. The van der Waals surface area contributed by atoms with Crippen LogP contribution in [0.1, 0.15) is 48.3 Å². The number of amides is 2. The Hall–Kier alpha value is -2.96. The number of hydrogen-bond donors (Lipinski definition) is 2. The number of anilines is 1. The number of hydrogen-bond acceptors (Lipinski definition) is 4. The van der Waals surface area contributed by atoms with E-state index in [0.29, 0.717) is 18.5 Å². The Morgan fingerprint density at radius 3 is 3.08 bits per heavy atom. The first-order valence-corrected chi connectivity index (χ1v) is 8.81. The number of aryl methyl sites for hydroxylation is 1. The molecule has 2 N–H and O–H groups in total. The number of fused-ring (bicyclic) bond motifs is 1. The SMILES string of the molecule is C/C=C/c1cn(C[C@@H](C)NC(=O)c2ccc3c(c2)CCCC(=O)N3)nn1. The minimum absolute atomic E-state index is 0.0275. The predicted octanol–water partition coefficient (Wildman–Crippen LogP) is 2.40. The van der Waals surface area contributed by atoms with Crippen molar-refractivity contribution in [2.24, 2.45) is 0 Å². The number of carbonyl (C=O) groups is 2. The predicted molar refractivity (Wildman–Crippen MR) is 99.7 cm³/mol. The van der Waals surface area contributed by atoms with Crippen molar-refractivity contribution in [2.75, 3.05) is 5.32 Å². The van der Waals surface area contributed by atoms with Gasteiger partial charge in [-0.15, -0.1) is 5.10 Å². The molecule has 1 aliphatic rings. The summed E-state index contributed by atoms with van der Waals surface area (Å²) in [6.45, 7) is 4.39. The lowest BCUT2D eigenvalue weighted by Gasteiger charge is -2.15. The van der Waals surface area contributed by atoms with Crippen LogP contribution in [0.2, 0.25) is 0 Å². The molecule has 0 unspecified atom stereocenters. The quantitative estimate of drug-likeness (QED) is 0.864. The van der Waals surface area contributed by atoms with E-state index in [1.54, 1.807) is 16.8 Å². The molecule has 3 rings (SSSR count). The molecule has 0 saturated heterocycles. The molecule has 1 aromatic carbocycles. The molecule has 0 saturated carbocycles. The third-order valence-corrected chi connectivity index (χ3v) is 4.22. The summed E-state index contributed by atoms with van der Waals surface area (Å²) in [4.78, 5) is 24.2. The molecule has 1 atom stereocenters. The van der Waals surface area contributed by atoms with Crippen LogP contribution in [-0.2, 0) is 17.8 Å². The maximum absolute atomic E-state index is 12.5. The molecule has 7 nitrogen and oxygen atoms in total. The minimum Gasteiger partial charge on any atom is -0.348 e. The van der Waals surface area contributed by atoms with E-state index < -0.39 is 0 Å². The van der Waals surface area contributed by atoms with Crippen molar-refractivity contribution >= 4 is 23.6 Å². The van der Waals surface area contributed by atoms with Crippen molar-refractivity contribution in [1.82, 2.24) is 20.3 Å². The standard InChI is InChI=1S/C19H23N5O2/c1-3-5-16-12-24(23-22-16)11-13(2)20-19(26)15-8-9-17-14(10-15)6-4-7-18(25)21-17/h3,5,8-10,12-13H,4,6-7,11H2,1-2H3,(H,20,26)(H,21,25)/b5-3+/t13-/m1/s1. The molecule has 0 radical (unpaired) electrons. The Kier molecular flexibility index (Phi) is 5.46. The van der Waals surface area contributed by atoms with Crippen molar-refractivity contribution in [2.45, 2.75) is 45.7 Å². The summed E-state index contributed by atoms with van der Waals surface area (Å²) >= 11 is 0. The van der Waals surface area contributed by atoms with Crippen molar-refractivity contribution in [3.05, 3.63) is 47.3 Å². The molecule has 2 aromatic rings. The van der Waals surface area contributed by atoms with Crippen molar-refractivity contribution < 1.29 is 9.59 Å². The molecular weight excluding hydrogens is 330 g/mol. The molecule has 1 aliphatic heterocycles. The maximum atomic E-state index is 12.5. The molecule has 26 heavy (non-hydrogen) atoms. The Labute approximate surface area is 152 Å². The van der Waals surface area contributed by atoms with Crippen LogP contribution in [0.15, 0.2) is 30.5 Å². The summed E-state index contributed by atoms with van der Waals surface area (Å²) in [5.41, 5.74) is 3.19. The largest absolute Gasteiger partial charge is 0.348 e. The van der Waals surface area contributed by atoms with Crippen LogP contribution in [0.5, 0.6) is 0 Å². The summed E-state index contributed by atoms with van der Waals surface area (Å²) in [6.07, 6.45) is 7.72.